The molecule has 1 aliphatic carbocycles. The zero-order valence-electron chi connectivity index (χ0n) is 15.6. The summed E-state index contributed by atoms with van der Waals surface area (Å²) in [5, 5.41) is 18.6. The molecular formula is C20H31NO3. The Bertz CT molecular complexity index is 534. The molecule has 1 saturated carbocycles. The van der Waals surface area contributed by atoms with Gasteiger partial charge in [0.15, 0.2) is 5.78 Å². The Labute approximate surface area is 145 Å². The monoisotopic (exact) mass is 333 g/mol. The summed E-state index contributed by atoms with van der Waals surface area (Å²) in [4.78, 5) is 23.7. The number of carbonyl (C=O) groups is 2. The highest BCUT2D eigenvalue weighted by atomic mass is 16.4. The molecule has 0 aliphatic heterocycles. The lowest BCUT2D eigenvalue weighted by molar-refractivity contribution is -0.143. The fourth-order valence-corrected chi connectivity index (χ4v) is 3.72. The maximum absolute atomic E-state index is 12.3. The topological polar surface area (TPSA) is 78.2 Å². The summed E-state index contributed by atoms with van der Waals surface area (Å²) >= 11 is 0. The normalized spacial score (nSPS) is 24.9. The molecule has 1 unspecified atom stereocenters. The van der Waals surface area contributed by atoms with E-state index in [9.17, 15) is 20.0 Å². The number of aliphatic carboxylic acids is 1. The first-order valence-electron chi connectivity index (χ1n) is 8.92. The summed E-state index contributed by atoms with van der Waals surface area (Å²) in [6.45, 7) is 10.1. The van der Waals surface area contributed by atoms with Gasteiger partial charge in [-0.25, -0.2) is 0 Å². The molecule has 4 heteroatoms. The van der Waals surface area contributed by atoms with Crippen molar-refractivity contribution < 1.29 is 14.7 Å². The van der Waals surface area contributed by atoms with Crippen LogP contribution in [0.25, 0.3) is 0 Å². The van der Waals surface area contributed by atoms with Gasteiger partial charge in [-0.1, -0.05) is 40.7 Å². The van der Waals surface area contributed by atoms with Gasteiger partial charge < -0.3 is 5.11 Å². The van der Waals surface area contributed by atoms with Gasteiger partial charge in [0.2, 0.25) is 0 Å². The van der Waals surface area contributed by atoms with E-state index in [-0.39, 0.29) is 34.5 Å². The zero-order chi connectivity index (χ0) is 18.5. The van der Waals surface area contributed by atoms with Crippen molar-refractivity contribution in [1.82, 2.24) is 0 Å². The maximum atomic E-state index is 12.3. The number of hydrogen-bond acceptors (Lipinski definition) is 3. The lowest BCUT2D eigenvalue weighted by atomic mass is 9.88. The van der Waals surface area contributed by atoms with Crippen LogP contribution in [-0.4, -0.2) is 16.9 Å². The van der Waals surface area contributed by atoms with Gasteiger partial charge in [0.1, 0.15) is 6.07 Å². The van der Waals surface area contributed by atoms with Crippen molar-refractivity contribution in [2.45, 2.75) is 66.7 Å². The third-order valence-electron chi connectivity index (χ3n) is 4.66. The standard InChI is InChI=1S/C20H31NO3/c1-13(2)8-15-9-14(10-17(15)19(23)24)6-7-18(22)16(12-21)11-20(3,4)5/h11,13-15,17H,6-10H2,1-5H3,(H,23,24)/b16-11+/t14?,15-,17-/m1/s1. The molecule has 0 bridgehead atoms. The number of hydrogen-bond donors (Lipinski definition) is 1. The van der Waals surface area contributed by atoms with E-state index in [4.69, 9.17) is 0 Å². The molecule has 134 valence electrons. The number of nitriles is 1. The van der Waals surface area contributed by atoms with Crippen LogP contribution < -0.4 is 0 Å². The number of allylic oxidation sites excluding steroid dienone is 2. The summed E-state index contributed by atoms with van der Waals surface area (Å²) < 4.78 is 0. The average molecular weight is 333 g/mol. The first kappa shape index (κ1) is 20.4. The van der Waals surface area contributed by atoms with E-state index in [0.717, 1.165) is 12.8 Å². The molecule has 1 fully saturated rings. The summed E-state index contributed by atoms with van der Waals surface area (Å²) in [6, 6.07) is 2.01. The summed E-state index contributed by atoms with van der Waals surface area (Å²) in [6.07, 6.45) is 5.21. The van der Waals surface area contributed by atoms with Crippen LogP contribution in [0, 0.1) is 40.4 Å². The highest BCUT2D eigenvalue weighted by Crippen LogP contribution is 2.42. The van der Waals surface area contributed by atoms with E-state index in [1.165, 1.54) is 0 Å². The fraction of sp³-hybridized carbons (Fsp3) is 0.750. The minimum absolute atomic E-state index is 0.119. The Kier molecular flexibility index (Phi) is 7.20. The Morgan fingerprint density at radius 1 is 1.29 bits per heavy atom. The van der Waals surface area contributed by atoms with Gasteiger partial charge in [0, 0.05) is 6.42 Å². The Balaban J connectivity index is 2.65. The van der Waals surface area contributed by atoms with Crippen molar-refractivity contribution in [2.75, 3.05) is 0 Å². The SMILES string of the molecule is CC(C)C[C@@H]1CC(CCC(=O)/C(C#N)=C/C(C)(C)C)C[C@H]1C(=O)O. The van der Waals surface area contributed by atoms with Gasteiger partial charge >= 0.3 is 5.97 Å². The molecule has 24 heavy (non-hydrogen) atoms. The molecule has 0 aromatic heterocycles. The van der Waals surface area contributed by atoms with Crippen molar-refractivity contribution in [3.05, 3.63) is 11.6 Å². The summed E-state index contributed by atoms with van der Waals surface area (Å²) in [7, 11) is 0. The second kappa shape index (κ2) is 8.46. The predicted octanol–water partition coefficient (Wildman–Crippen LogP) is 4.60. The molecule has 0 radical (unpaired) electrons. The van der Waals surface area contributed by atoms with Crippen LogP contribution in [0.2, 0.25) is 0 Å². The molecule has 1 rings (SSSR count). The molecule has 1 aliphatic rings. The van der Waals surface area contributed by atoms with Gasteiger partial charge in [0.25, 0.3) is 0 Å². The lowest BCUT2D eigenvalue weighted by Crippen LogP contribution is -2.19. The van der Waals surface area contributed by atoms with Gasteiger partial charge in [-0.3, -0.25) is 9.59 Å². The van der Waals surface area contributed by atoms with Gasteiger partial charge in [-0.15, -0.1) is 0 Å². The highest BCUT2D eigenvalue weighted by molar-refractivity contribution is 5.99. The Morgan fingerprint density at radius 2 is 1.92 bits per heavy atom. The van der Waals surface area contributed by atoms with Crippen molar-refractivity contribution >= 4 is 11.8 Å². The number of carbonyl (C=O) groups excluding carboxylic acids is 1. The second-order valence-electron chi connectivity index (χ2n) is 8.67. The van der Waals surface area contributed by atoms with E-state index >= 15 is 0 Å². The van der Waals surface area contributed by atoms with Crippen LogP contribution in [0.1, 0.15) is 66.7 Å². The van der Waals surface area contributed by atoms with Crippen molar-refractivity contribution in [3.8, 4) is 6.07 Å². The minimum atomic E-state index is -0.709. The van der Waals surface area contributed by atoms with Crippen molar-refractivity contribution in [2.24, 2.45) is 29.1 Å². The Morgan fingerprint density at radius 3 is 2.38 bits per heavy atom. The first-order chi connectivity index (χ1) is 11.0. The number of nitrogens with zero attached hydrogens (tertiary/aromatic N) is 1. The molecule has 0 saturated heterocycles. The molecule has 1 N–H and O–H groups in total. The smallest absolute Gasteiger partial charge is 0.306 e. The van der Waals surface area contributed by atoms with Gasteiger partial charge in [0.05, 0.1) is 11.5 Å². The minimum Gasteiger partial charge on any atom is -0.481 e. The Hall–Kier alpha value is -1.63. The molecule has 0 amide bonds. The second-order valence-corrected chi connectivity index (χ2v) is 8.67. The predicted molar refractivity (Wildman–Crippen MR) is 94.2 cm³/mol. The van der Waals surface area contributed by atoms with Crippen molar-refractivity contribution in [1.29, 1.82) is 5.26 Å². The van der Waals surface area contributed by atoms with Crippen LogP contribution in [0.5, 0.6) is 0 Å². The molecule has 3 atom stereocenters. The fourth-order valence-electron chi connectivity index (χ4n) is 3.72. The number of rotatable bonds is 7. The number of carboxylic acids is 1. The highest BCUT2D eigenvalue weighted by Gasteiger charge is 2.38. The molecular weight excluding hydrogens is 302 g/mol. The largest absolute Gasteiger partial charge is 0.481 e. The maximum Gasteiger partial charge on any atom is 0.306 e. The van der Waals surface area contributed by atoms with Crippen LogP contribution in [0.4, 0.5) is 0 Å². The van der Waals surface area contributed by atoms with E-state index < -0.39 is 5.97 Å². The van der Waals surface area contributed by atoms with E-state index in [2.05, 4.69) is 13.8 Å². The molecule has 0 aromatic carbocycles. The molecule has 0 spiro atoms. The lowest BCUT2D eigenvalue weighted by Gasteiger charge is -2.17. The van der Waals surface area contributed by atoms with Gasteiger partial charge in [-0.2, -0.15) is 5.26 Å². The van der Waals surface area contributed by atoms with E-state index in [1.807, 2.05) is 26.8 Å². The van der Waals surface area contributed by atoms with E-state index in [0.29, 0.717) is 25.2 Å². The number of Topliss-reactive ketones (excluding diaryl/α,β-unsaturated/α-hetero) is 1. The quantitative estimate of drug-likeness (QED) is 0.545. The van der Waals surface area contributed by atoms with E-state index in [1.54, 1.807) is 6.08 Å². The van der Waals surface area contributed by atoms with Crippen LogP contribution >= 0.6 is 0 Å². The number of ketones is 1. The third kappa shape index (κ3) is 6.47. The first-order valence-corrected chi connectivity index (χ1v) is 8.92. The van der Waals surface area contributed by atoms with Gasteiger partial charge in [-0.05, 0) is 48.9 Å². The van der Waals surface area contributed by atoms with Crippen molar-refractivity contribution in [3.63, 3.8) is 0 Å². The third-order valence-corrected chi connectivity index (χ3v) is 4.66. The molecule has 0 aromatic rings. The van der Waals surface area contributed by atoms with Crippen LogP contribution in [0.3, 0.4) is 0 Å². The summed E-state index contributed by atoms with van der Waals surface area (Å²) in [5.74, 6) is -0.145. The number of carboxylic acid groups (broad SMARTS) is 1. The average Bonchev–Trinajstić information content (AvgIpc) is 2.83. The van der Waals surface area contributed by atoms with Crippen LogP contribution in [0.15, 0.2) is 11.6 Å². The van der Waals surface area contributed by atoms with Crippen LogP contribution in [-0.2, 0) is 9.59 Å². The summed E-state index contributed by atoms with van der Waals surface area (Å²) in [5.41, 5.74) is 0.0270. The molecule has 4 nitrogen and oxygen atoms in total. The zero-order valence-corrected chi connectivity index (χ0v) is 15.6. The molecule has 0 heterocycles.